The lowest BCUT2D eigenvalue weighted by Crippen LogP contribution is -1.96. The van der Waals surface area contributed by atoms with Gasteiger partial charge in [-0.15, -0.1) is 16.4 Å². The van der Waals surface area contributed by atoms with Gasteiger partial charge in [-0.1, -0.05) is 41.0 Å². The number of nitrogens with one attached hydrogen (secondary N) is 1. The van der Waals surface area contributed by atoms with Gasteiger partial charge in [-0.05, 0) is 29.8 Å². The lowest BCUT2D eigenvalue weighted by molar-refractivity contribution is 0.308. The zero-order valence-electron chi connectivity index (χ0n) is 11.5. The van der Waals surface area contributed by atoms with Crippen molar-refractivity contribution in [3.63, 3.8) is 0 Å². The molecule has 0 aliphatic carbocycles. The molecule has 0 fully saturated rings. The van der Waals surface area contributed by atoms with E-state index in [1.165, 1.54) is 11.8 Å². The lowest BCUT2D eigenvalue weighted by Gasteiger charge is -2.08. The molecule has 2 heterocycles. The Balaban J connectivity index is 1.77. The van der Waals surface area contributed by atoms with E-state index in [4.69, 9.17) is 27.9 Å². The highest BCUT2D eigenvalue weighted by molar-refractivity contribution is 7.98. The molecule has 0 unspecified atom stereocenters. The molecule has 3 aromatic rings. The van der Waals surface area contributed by atoms with Crippen LogP contribution in [-0.4, -0.2) is 21.4 Å². The summed E-state index contributed by atoms with van der Waals surface area (Å²) in [6, 6.07) is 7.27. The number of benzene rings is 1. The smallest absolute Gasteiger partial charge is 0.208 e. The van der Waals surface area contributed by atoms with Crippen molar-refractivity contribution in [2.75, 3.05) is 6.26 Å². The van der Waals surface area contributed by atoms with Crippen LogP contribution in [-0.2, 0) is 6.61 Å². The van der Waals surface area contributed by atoms with Crippen LogP contribution >= 0.6 is 46.3 Å². The Kier molecular flexibility index (Phi) is 4.93. The summed E-state index contributed by atoms with van der Waals surface area (Å²) in [6.07, 6.45) is 1.93. The monoisotopic (exact) mass is 371 g/mol. The van der Waals surface area contributed by atoms with Gasteiger partial charge in [0.15, 0.2) is 5.82 Å². The van der Waals surface area contributed by atoms with Crippen molar-refractivity contribution in [1.29, 1.82) is 0 Å². The normalized spacial score (nSPS) is 10.9. The Morgan fingerprint density at radius 3 is 2.91 bits per heavy atom. The molecule has 2 aromatic heterocycles. The molecule has 22 heavy (non-hydrogen) atoms. The summed E-state index contributed by atoms with van der Waals surface area (Å²) in [5.41, 5.74) is 0.880. The van der Waals surface area contributed by atoms with Gasteiger partial charge >= 0.3 is 0 Å². The average Bonchev–Trinajstić information content (AvgIpc) is 3.14. The summed E-state index contributed by atoms with van der Waals surface area (Å²) in [6.45, 7) is 0.364. The lowest BCUT2D eigenvalue weighted by atomic mass is 10.2. The maximum absolute atomic E-state index is 6.16. The van der Waals surface area contributed by atoms with Gasteiger partial charge in [0.1, 0.15) is 17.2 Å². The van der Waals surface area contributed by atoms with Gasteiger partial charge in [0, 0.05) is 15.6 Å². The standard InChI is InChI=1S/C14H11Cl2N3OS2/c1-21-14-17-13(18-19-14)12-11(4-5-22-12)20-7-8-2-3-9(15)6-10(8)16/h2-6H,7H2,1H3,(H,17,18,19). The Morgan fingerprint density at radius 1 is 1.32 bits per heavy atom. The predicted octanol–water partition coefficient (Wildman–Crippen LogP) is 5.14. The second-order valence-electron chi connectivity index (χ2n) is 4.31. The van der Waals surface area contributed by atoms with Crippen LogP contribution in [0, 0.1) is 0 Å². The topological polar surface area (TPSA) is 50.8 Å². The molecule has 0 amide bonds. The molecule has 0 aliphatic heterocycles. The molecule has 0 saturated carbocycles. The van der Waals surface area contributed by atoms with Crippen LogP contribution in [0.1, 0.15) is 5.56 Å². The number of hydrogen-bond donors (Lipinski definition) is 1. The van der Waals surface area contributed by atoms with E-state index in [-0.39, 0.29) is 0 Å². The van der Waals surface area contributed by atoms with Gasteiger partial charge in [-0.3, -0.25) is 5.10 Å². The third-order valence-electron chi connectivity index (χ3n) is 2.89. The second-order valence-corrected chi connectivity index (χ2v) is 6.84. The van der Waals surface area contributed by atoms with Crippen LogP contribution in [0.25, 0.3) is 10.7 Å². The van der Waals surface area contributed by atoms with E-state index in [0.29, 0.717) is 27.6 Å². The van der Waals surface area contributed by atoms with Crippen LogP contribution in [0.5, 0.6) is 5.75 Å². The van der Waals surface area contributed by atoms with E-state index in [0.717, 1.165) is 16.2 Å². The Hall–Kier alpha value is -1.21. The minimum atomic E-state index is 0.364. The van der Waals surface area contributed by atoms with Gasteiger partial charge < -0.3 is 4.74 Å². The van der Waals surface area contributed by atoms with Crippen molar-refractivity contribution in [1.82, 2.24) is 15.2 Å². The molecule has 0 radical (unpaired) electrons. The number of nitrogens with zero attached hydrogens (tertiary/aromatic N) is 2. The molecule has 8 heteroatoms. The number of thiophene rings is 1. The van der Waals surface area contributed by atoms with E-state index in [1.807, 2.05) is 23.8 Å². The quantitative estimate of drug-likeness (QED) is 0.630. The fourth-order valence-electron chi connectivity index (χ4n) is 1.82. The maximum atomic E-state index is 6.16. The molecule has 0 atom stereocenters. The molecule has 3 rings (SSSR count). The molecule has 1 N–H and O–H groups in total. The summed E-state index contributed by atoms with van der Waals surface area (Å²) < 4.78 is 5.87. The maximum Gasteiger partial charge on any atom is 0.208 e. The Labute approximate surface area is 145 Å². The fraction of sp³-hybridized carbons (Fsp3) is 0.143. The summed E-state index contributed by atoms with van der Waals surface area (Å²) in [5.74, 6) is 1.45. The van der Waals surface area contributed by atoms with Crippen molar-refractivity contribution < 1.29 is 4.74 Å². The fourth-order valence-corrected chi connectivity index (χ4v) is 3.37. The minimum absolute atomic E-state index is 0.364. The van der Waals surface area contributed by atoms with Crippen molar-refractivity contribution in [2.24, 2.45) is 0 Å². The molecular weight excluding hydrogens is 361 g/mol. The van der Waals surface area contributed by atoms with Crippen LogP contribution < -0.4 is 4.74 Å². The van der Waals surface area contributed by atoms with Crippen LogP contribution in [0.15, 0.2) is 34.8 Å². The van der Waals surface area contributed by atoms with Crippen LogP contribution in [0.2, 0.25) is 10.0 Å². The van der Waals surface area contributed by atoms with Crippen molar-refractivity contribution in [3.8, 4) is 16.5 Å². The SMILES string of the molecule is CSc1n[nH]c(-c2sccc2OCc2ccc(Cl)cc2Cl)n1. The number of thioether (sulfide) groups is 1. The zero-order chi connectivity index (χ0) is 15.5. The highest BCUT2D eigenvalue weighted by Crippen LogP contribution is 2.35. The number of rotatable bonds is 5. The molecule has 1 aromatic carbocycles. The van der Waals surface area contributed by atoms with Crippen molar-refractivity contribution >= 4 is 46.3 Å². The van der Waals surface area contributed by atoms with Gasteiger partial charge in [-0.25, -0.2) is 4.98 Å². The van der Waals surface area contributed by atoms with Crippen LogP contribution in [0.3, 0.4) is 0 Å². The highest BCUT2D eigenvalue weighted by atomic mass is 35.5. The number of aromatic amines is 1. The summed E-state index contributed by atoms with van der Waals surface area (Å²) in [4.78, 5) is 5.31. The van der Waals surface area contributed by atoms with Gasteiger partial charge in [0.25, 0.3) is 0 Å². The first-order valence-corrected chi connectivity index (χ1v) is 9.14. The van der Waals surface area contributed by atoms with E-state index < -0.39 is 0 Å². The van der Waals surface area contributed by atoms with Gasteiger partial charge in [0.2, 0.25) is 5.16 Å². The summed E-state index contributed by atoms with van der Waals surface area (Å²) in [5, 5.41) is 10.9. The number of ether oxygens (including phenoxy) is 1. The molecule has 4 nitrogen and oxygen atoms in total. The zero-order valence-corrected chi connectivity index (χ0v) is 14.6. The number of hydrogen-bond acceptors (Lipinski definition) is 5. The van der Waals surface area contributed by atoms with E-state index >= 15 is 0 Å². The third kappa shape index (κ3) is 3.41. The van der Waals surface area contributed by atoms with E-state index in [2.05, 4.69) is 15.2 Å². The number of H-pyrrole nitrogens is 1. The molecule has 0 spiro atoms. The highest BCUT2D eigenvalue weighted by Gasteiger charge is 2.13. The van der Waals surface area contributed by atoms with Gasteiger partial charge in [-0.2, -0.15) is 0 Å². The molecule has 0 aliphatic rings. The predicted molar refractivity (Wildman–Crippen MR) is 92.3 cm³/mol. The average molecular weight is 372 g/mol. The van der Waals surface area contributed by atoms with Gasteiger partial charge in [0.05, 0.1) is 0 Å². The van der Waals surface area contributed by atoms with E-state index in [9.17, 15) is 0 Å². The van der Waals surface area contributed by atoms with Crippen molar-refractivity contribution in [3.05, 3.63) is 45.3 Å². The van der Waals surface area contributed by atoms with Crippen molar-refractivity contribution in [2.45, 2.75) is 11.8 Å². The van der Waals surface area contributed by atoms with Crippen LogP contribution in [0.4, 0.5) is 0 Å². The summed E-state index contributed by atoms with van der Waals surface area (Å²) in [7, 11) is 0. The largest absolute Gasteiger partial charge is 0.487 e. The first kappa shape index (κ1) is 15.7. The first-order chi connectivity index (χ1) is 10.7. The molecule has 0 bridgehead atoms. The molecular formula is C14H11Cl2N3OS2. The van der Waals surface area contributed by atoms with E-state index in [1.54, 1.807) is 23.5 Å². The summed E-state index contributed by atoms with van der Waals surface area (Å²) >= 11 is 15.1. The minimum Gasteiger partial charge on any atom is -0.487 e. The first-order valence-electron chi connectivity index (χ1n) is 6.28. The Morgan fingerprint density at radius 2 is 2.18 bits per heavy atom. The third-order valence-corrected chi connectivity index (χ3v) is 4.93. The Bertz CT molecular complexity index is 788. The second kappa shape index (κ2) is 6.91. The molecule has 114 valence electrons. The number of aromatic nitrogens is 3. The molecule has 0 saturated heterocycles. The number of halogens is 2.